The van der Waals surface area contributed by atoms with E-state index in [1.165, 1.54) is 4.31 Å². The monoisotopic (exact) mass is 452 g/mol. The minimum Gasteiger partial charge on any atom is -0.326 e. The van der Waals surface area contributed by atoms with Gasteiger partial charge in [0.2, 0.25) is 15.9 Å². The molecule has 1 amide bonds. The van der Waals surface area contributed by atoms with E-state index < -0.39 is 10.0 Å². The Balaban J connectivity index is 1.48. The van der Waals surface area contributed by atoms with Gasteiger partial charge in [-0.2, -0.15) is 9.40 Å². The molecule has 1 aliphatic rings. The van der Waals surface area contributed by atoms with Crippen LogP contribution in [0.1, 0.15) is 29.8 Å². The van der Waals surface area contributed by atoms with Crippen LogP contribution in [0.4, 0.5) is 5.69 Å². The zero-order valence-electron chi connectivity index (χ0n) is 18.6. The Labute approximate surface area is 189 Å². The third-order valence-electron chi connectivity index (χ3n) is 5.93. The van der Waals surface area contributed by atoms with Crippen molar-refractivity contribution in [2.24, 2.45) is 5.92 Å². The van der Waals surface area contributed by atoms with Gasteiger partial charge in [-0.1, -0.05) is 30.3 Å². The number of hydrogen-bond donors (Lipinski definition) is 1. The lowest BCUT2D eigenvalue weighted by Crippen LogP contribution is -2.41. The lowest BCUT2D eigenvalue weighted by Gasteiger charge is -2.30. The number of anilines is 1. The fourth-order valence-corrected chi connectivity index (χ4v) is 6.10. The Kier molecular flexibility index (Phi) is 6.17. The fraction of sp³-hybridized carbons (Fsp3) is 0.333. The maximum Gasteiger partial charge on any atom is 0.246 e. The van der Waals surface area contributed by atoms with Gasteiger partial charge in [-0.3, -0.25) is 4.79 Å². The molecule has 0 atom stereocenters. The Bertz CT molecular complexity index is 1230. The van der Waals surface area contributed by atoms with E-state index in [2.05, 4.69) is 10.4 Å². The molecule has 1 fully saturated rings. The predicted molar refractivity (Wildman–Crippen MR) is 124 cm³/mol. The molecule has 8 heteroatoms. The molecule has 1 N–H and O–H groups in total. The highest BCUT2D eigenvalue weighted by molar-refractivity contribution is 7.89. The van der Waals surface area contributed by atoms with Crippen LogP contribution in [0.3, 0.4) is 0 Å². The quantitative estimate of drug-likeness (QED) is 0.638. The van der Waals surface area contributed by atoms with E-state index in [0.29, 0.717) is 37.3 Å². The number of sulfonamides is 1. The molecule has 7 nitrogen and oxygen atoms in total. The summed E-state index contributed by atoms with van der Waals surface area (Å²) in [6.45, 7) is 6.10. The number of benzene rings is 2. The number of carbonyl (C=O) groups is 1. The first-order valence-corrected chi connectivity index (χ1v) is 12.2. The van der Waals surface area contributed by atoms with Crippen molar-refractivity contribution in [3.8, 4) is 5.69 Å². The second-order valence-electron chi connectivity index (χ2n) is 8.28. The van der Waals surface area contributed by atoms with Crippen LogP contribution in [0.2, 0.25) is 0 Å². The molecule has 168 valence electrons. The number of amides is 1. The first-order chi connectivity index (χ1) is 15.3. The summed E-state index contributed by atoms with van der Waals surface area (Å²) >= 11 is 0. The summed E-state index contributed by atoms with van der Waals surface area (Å²) in [5.41, 5.74) is 3.73. The molecule has 4 rings (SSSR count). The second-order valence-corrected chi connectivity index (χ2v) is 10.2. The second kappa shape index (κ2) is 8.88. The third-order valence-corrected chi connectivity index (χ3v) is 8.09. The van der Waals surface area contributed by atoms with Crippen molar-refractivity contribution in [3.05, 3.63) is 71.5 Å². The summed E-state index contributed by atoms with van der Waals surface area (Å²) in [7, 11) is -3.71. The number of aromatic nitrogens is 2. The number of para-hydroxylation sites is 1. The first-order valence-electron chi connectivity index (χ1n) is 10.8. The van der Waals surface area contributed by atoms with Gasteiger partial charge in [0.1, 0.15) is 4.90 Å². The number of carbonyl (C=O) groups excluding carboxylic acids is 1. The molecule has 0 bridgehead atoms. The van der Waals surface area contributed by atoms with Gasteiger partial charge in [-0.05, 0) is 63.4 Å². The minimum absolute atomic E-state index is 0.0584. The molecular weight excluding hydrogens is 424 g/mol. The number of nitrogens with zero attached hydrogens (tertiary/aromatic N) is 3. The van der Waals surface area contributed by atoms with Gasteiger partial charge in [0.15, 0.2) is 0 Å². The van der Waals surface area contributed by atoms with E-state index in [-0.39, 0.29) is 16.7 Å². The summed E-state index contributed by atoms with van der Waals surface area (Å²) in [5, 5.41) is 7.44. The average Bonchev–Trinajstić information content (AvgIpc) is 3.09. The molecule has 1 aliphatic heterocycles. The largest absolute Gasteiger partial charge is 0.326 e. The molecular formula is C24H28N4O3S. The Morgan fingerprint density at radius 3 is 2.34 bits per heavy atom. The summed E-state index contributed by atoms with van der Waals surface area (Å²) in [6, 6.07) is 17.2. The van der Waals surface area contributed by atoms with Gasteiger partial charge in [0.25, 0.3) is 0 Å². The topological polar surface area (TPSA) is 84.3 Å². The Morgan fingerprint density at radius 1 is 1.00 bits per heavy atom. The summed E-state index contributed by atoms with van der Waals surface area (Å²) in [5.74, 6) is -0.270. The van der Waals surface area contributed by atoms with Gasteiger partial charge >= 0.3 is 0 Å². The minimum atomic E-state index is -3.71. The zero-order valence-corrected chi connectivity index (χ0v) is 19.4. The predicted octanol–water partition coefficient (Wildman–Crippen LogP) is 3.84. The molecule has 0 spiro atoms. The van der Waals surface area contributed by atoms with Crippen molar-refractivity contribution in [2.45, 2.75) is 38.5 Å². The van der Waals surface area contributed by atoms with E-state index in [9.17, 15) is 13.2 Å². The molecule has 0 saturated carbocycles. The van der Waals surface area contributed by atoms with E-state index in [4.69, 9.17) is 0 Å². The van der Waals surface area contributed by atoms with Crippen molar-refractivity contribution in [3.63, 3.8) is 0 Å². The Hall–Kier alpha value is -2.97. The van der Waals surface area contributed by atoms with Crippen molar-refractivity contribution in [1.29, 1.82) is 0 Å². The molecule has 3 aromatic rings. The van der Waals surface area contributed by atoms with Crippen LogP contribution in [0.25, 0.3) is 5.69 Å². The van der Waals surface area contributed by atoms with Crippen LogP contribution in [0.15, 0.2) is 59.5 Å². The first kappa shape index (κ1) is 22.2. The third kappa shape index (κ3) is 4.33. The van der Waals surface area contributed by atoms with E-state index in [0.717, 1.165) is 16.9 Å². The van der Waals surface area contributed by atoms with Crippen molar-refractivity contribution in [2.75, 3.05) is 18.4 Å². The van der Waals surface area contributed by atoms with Crippen molar-refractivity contribution in [1.82, 2.24) is 14.1 Å². The summed E-state index contributed by atoms with van der Waals surface area (Å²) in [6.07, 6.45) is 0.976. The standard InChI is InChI=1S/C24H28N4O3S/c1-17-8-7-9-21(16-17)25-24(29)20-12-14-27(15-13-20)32(30,31)23-18(2)26-28(19(23)3)22-10-5-4-6-11-22/h4-11,16,20H,12-15H2,1-3H3,(H,25,29). The van der Waals surface area contributed by atoms with Crippen molar-refractivity contribution >= 4 is 21.6 Å². The number of rotatable bonds is 5. The van der Waals surface area contributed by atoms with Crippen LogP contribution in [0.5, 0.6) is 0 Å². The molecule has 0 radical (unpaired) electrons. The Morgan fingerprint density at radius 2 is 1.69 bits per heavy atom. The highest BCUT2D eigenvalue weighted by Gasteiger charge is 2.35. The molecule has 2 heterocycles. The average molecular weight is 453 g/mol. The zero-order chi connectivity index (χ0) is 22.9. The molecule has 2 aromatic carbocycles. The van der Waals surface area contributed by atoms with Gasteiger partial charge < -0.3 is 5.32 Å². The van der Waals surface area contributed by atoms with Gasteiger partial charge in [0, 0.05) is 24.7 Å². The maximum atomic E-state index is 13.5. The van der Waals surface area contributed by atoms with E-state index in [1.54, 1.807) is 18.5 Å². The normalized spacial score (nSPS) is 15.6. The van der Waals surface area contributed by atoms with E-state index >= 15 is 0 Å². The summed E-state index contributed by atoms with van der Waals surface area (Å²) in [4.78, 5) is 12.9. The molecule has 1 aromatic heterocycles. The molecule has 0 aliphatic carbocycles. The van der Waals surface area contributed by atoms with E-state index in [1.807, 2.05) is 61.5 Å². The molecule has 0 unspecified atom stereocenters. The number of aryl methyl sites for hydroxylation is 2. The lowest BCUT2D eigenvalue weighted by molar-refractivity contribution is -0.120. The highest BCUT2D eigenvalue weighted by atomic mass is 32.2. The number of piperidine rings is 1. The van der Waals surface area contributed by atoms with Crippen LogP contribution in [-0.4, -0.2) is 41.5 Å². The smallest absolute Gasteiger partial charge is 0.246 e. The van der Waals surface area contributed by atoms with Gasteiger partial charge in [-0.25, -0.2) is 13.1 Å². The maximum absolute atomic E-state index is 13.5. The van der Waals surface area contributed by atoms with Gasteiger partial charge in [-0.15, -0.1) is 0 Å². The summed E-state index contributed by atoms with van der Waals surface area (Å²) < 4.78 is 30.1. The molecule has 1 saturated heterocycles. The van der Waals surface area contributed by atoms with Gasteiger partial charge in [0.05, 0.1) is 17.1 Å². The fourth-order valence-electron chi connectivity index (χ4n) is 4.28. The van der Waals surface area contributed by atoms with Crippen LogP contribution in [-0.2, 0) is 14.8 Å². The van der Waals surface area contributed by atoms with Crippen LogP contribution in [0, 0.1) is 26.7 Å². The molecule has 32 heavy (non-hydrogen) atoms. The number of nitrogens with one attached hydrogen (secondary N) is 1. The van der Waals surface area contributed by atoms with Crippen LogP contribution >= 0.6 is 0 Å². The van der Waals surface area contributed by atoms with Crippen LogP contribution < -0.4 is 5.32 Å². The SMILES string of the molecule is Cc1cccc(NC(=O)C2CCN(S(=O)(=O)c3c(C)nn(-c4ccccc4)c3C)CC2)c1. The lowest BCUT2D eigenvalue weighted by atomic mass is 9.97. The number of hydrogen-bond acceptors (Lipinski definition) is 4. The highest BCUT2D eigenvalue weighted by Crippen LogP contribution is 2.29. The van der Waals surface area contributed by atoms with Crippen molar-refractivity contribution < 1.29 is 13.2 Å².